The van der Waals surface area contributed by atoms with Crippen LogP contribution in [0.1, 0.15) is 65.2 Å². The van der Waals surface area contributed by atoms with Crippen molar-refractivity contribution < 1.29 is 34.4 Å². The van der Waals surface area contributed by atoms with Gasteiger partial charge in [-0.25, -0.2) is 0 Å². The van der Waals surface area contributed by atoms with Gasteiger partial charge in [0.1, 0.15) is 11.9 Å². The first kappa shape index (κ1) is 26.5. The summed E-state index contributed by atoms with van der Waals surface area (Å²) in [5, 5.41) is 35.2. The molecule has 9 nitrogen and oxygen atoms in total. The molecule has 9 heteroatoms. The van der Waals surface area contributed by atoms with Crippen molar-refractivity contribution in [1.82, 2.24) is 10.6 Å². The first-order valence-electron chi connectivity index (χ1n) is 10.9. The Hall–Kier alpha value is -1.55. The Morgan fingerprint density at radius 1 is 0.967 bits per heavy atom. The van der Waals surface area contributed by atoms with Gasteiger partial charge < -0.3 is 35.5 Å². The lowest BCUT2D eigenvalue weighted by molar-refractivity contribution is -0.142. The van der Waals surface area contributed by atoms with Crippen molar-refractivity contribution in [3.05, 3.63) is 0 Å². The van der Waals surface area contributed by atoms with Crippen LogP contribution < -0.4 is 10.6 Å². The van der Waals surface area contributed by atoms with E-state index in [-0.39, 0.29) is 24.2 Å². The zero-order chi connectivity index (χ0) is 22.5. The Morgan fingerprint density at radius 2 is 1.67 bits per heavy atom. The molecular weight excluding hydrogens is 392 g/mol. The van der Waals surface area contributed by atoms with E-state index < -0.39 is 30.3 Å². The van der Waals surface area contributed by atoms with Crippen LogP contribution >= 0.6 is 0 Å². The van der Waals surface area contributed by atoms with E-state index in [1.54, 1.807) is 6.92 Å². The van der Waals surface area contributed by atoms with Gasteiger partial charge in [-0.2, -0.15) is 0 Å². The van der Waals surface area contributed by atoms with Crippen LogP contribution in [0.4, 0.5) is 0 Å². The van der Waals surface area contributed by atoms with E-state index in [4.69, 9.17) is 4.74 Å². The Balaban J connectivity index is 2.25. The third kappa shape index (κ3) is 9.97. The van der Waals surface area contributed by atoms with Gasteiger partial charge in [0.15, 0.2) is 0 Å². The van der Waals surface area contributed by atoms with Gasteiger partial charge in [-0.15, -0.1) is 0 Å². The SMILES string of the molecule is CC(=O)CCCCCNC(=O)CCCCOC1CC(CO)C(O)C(O)C1NC(C)=O. The average Bonchev–Trinajstić information content (AvgIpc) is 2.68. The van der Waals surface area contributed by atoms with Crippen LogP contribution in [0.5, 0.6) is 0 Å². The van der Waals surface area contributed by atoms with Crippen molar-refractivity contribution >= 4 is 17.6 Å². The number of carbonyl (C=O) groups excluding carboxylic acids is 3. The fraction of sp³-hybridized carbons (Fsp3) is 0.857. The van der Waals surface area contributed by atoms with Gasteiger partial charge in [-0.3, -0.25) is 9.59 Å². The summed E-state index contributed by atoms with van der Waals surface area (Å²) in [5.41, 5.74) is 0. The van der Waals surface area contributed by atoms with Gasteiger partial charge in [0.05, 0.1) is 18.2 Å². The van der Waals surface area contributed by atoms with Gasteiger partial charge in [0.25, 0.3) is 0 Å². The second kappa shape index (κ2) is 14.5. The largest absolute Gasteiger partial charge is 0.396 e. The fourth-order valence-electron chi connectivity index (χ4n) is 3.68. The minimum atomic E-state index is -1.22. The Bertz CT molecular complexity index is 543. The number of hydrogen-bond acceptors (Lipinski definition) is 7. The minimum absolute atomic E-state index is 0.0192. The average molecular weight is 431 g/mol. The molecule has 2 amide bonds. The quantitative estimate of drug-likeness (QED) is 0.245. The Labute approximate surface area is 178 Å². The maximum atomic E-state index is 11.8. The summed E-state index contributed by atoms with van der Waals surface area (Å²) in [6.07, 6.45) is 2.34. The third-order valence-corrected chi connectivity index (χ3v) is 5.40. The first-order valence-corrected chi connectivity index (χ1v) is 10.9. The highest BCUT2D eigenvalue weighted by atomic mass is 16.5. The van der Waals surface area contributed by atoms with Crippen molar-refractivity contribution in [2.24, 2.45) is 5.92 Å². The summed E-state index contributed by atoms with van der Waals surface area (Å²) in [4.78, 5) is 34.1. The molecule has 0 bridgehead atoms. The molecule has 174 valence electrons. The topological polar surface area (TPSA) is 145 Å². The lowest BCUT2D eigenvalue weighted by Crippen LogP contribution is -2.61. The molecule has 1 aliphatic rings. The second-order valence-electron chi connectivity index (χ2n) is 8.11. The zero-order valence-corrected chi connectivity index (χ0v) is 18.1. The summed E-state index contributed by atoms with van der Waals surface area (Å²) in [5.74, 6) is -0.679. The predicted molar refractivity (Wildman–Crippen MR) is 111 cm³/mol. The minimum Gasteiger partial charge on any atom is -0.396 e. The van der Waals surface area contributed by atoms with E-state index in [9.17, 15) is 29.7 Å². The summed E-state index contributed by atoms with van der Waals surface area (Å²) in [7, 11) is 0. The number of carbonyl (C=O) groups is 3. The highest BCUT2D eigenvalue weighted by Gasteiger charge is 2.44. The predicted octanol–water partition coefficient (Wildman–Crippen LogP) is 0.0462. The summed E-state index contributed by atoms with van der Waals surface area (Å²) < 4.78 is 5.82. The van der Waals surface area contributed by atoms with E-state index in [1.165, 1.54) is 6.92 Å². The van der Waals surface area contributed by atoms with E-state index in [0.717, 1.165) is 19.3 Å². The summed E-state index contributed by atoms with van der Waals surface area (Å²) in [6, 6.07) is -0.744. The maximum absolute atomic E-state index is 11.8. The number of Topliss-reactive ketones (excluding diaryl/α,β-unsaturated/α-hetero) is 1. The zero-order valence-electron chi connectivity index (χ0n) is 18.1. The summed E-state index contributed by atoms with van der Waals surface area (Å²) in [6.45, 7) is 3.59. The molecule has 0 spiro atoms. The van der Waals surface area contributed by atoms with Crippen molar-refractivity contribution in [3.63, 3.8) is 0 Å². The lowest BCUT2D eigenvalue weighted by atomic mass is 9.79. The lowest BCUT2D eigenvalue weighted by Gasteiger charge is -2.42. The molecule has 0 aromatic heterocycles. The number of hydrogen-bond donors (Lipinski definition) is 5. The van der Waals surface area contributed by atoms with E-state index in [2.05, 4.69) is 10.6 Å². The number of aliphatic hydroxyl groups excluding tert-OH is 3. The Kier molecular flexibility index (Phi) is 12.8. The third-order valence-electron chi connectivity index (χ3n) is 5.40. The molecule has 5 unspecified atom stereocenters. The number of ketones is 1. The number of aliphatic hydroxyl groups is 3. The van der Waals surface area contributed by atoms with Crippen molar-refractivity contribution in [2.75, 3.05) is 19.8 Å². The van der Waals surface area contributed by atoms with Crippen LogP contribution in [0.15, 0.2) is 0 Å². The highest BCUT2D eigenvalue weighted by molar-refractivity contribution is 5.76. The molecule has 1 fully saturated rings. The van der Waals surface area contributed by atoms with Crippen LogP contribution in [0.25, 0.3) is 0 Å². The van der Waals surface area contributed by atoms with Crippen LogP contribution in [0.3, 0.4) is 0 Å². The first-order chi connectivity index (χ1) is 14.3. The number of rotatable bonds is 14. The molecule has 1 aliphatic carbocycles. The van der Waals surface area contributed by atoms with Crippen LogP contribution in [0, 0.1) is 5.92 Å². The van der Waals surface area contributed by atoms with Gasteiger partial charge >= 0.3 is 0 Å². The number of amides is 2. The standard InChI is InChI=1S/C21H38N2O7/c1-14(25)8-4-3-6-10-22-18(27)9-5-7-11-30-17-12-16(13-24)20(28)21(29)19(17)23-15(2)26/h16-17,19-21,24,28-29H,3-13H2,1-2H3,(H,22,27)(H,23,26). The number of nitrogens with one attached hydrogen (secondary N) is 2. The van der Waals surface area contributed by atoms with Crippen molar-refractivity contribution in [3.8, 4) is 0 Å². The van der Waals surface area contributed by atoms with Crippen LogP contribution in [-0.2, 0) is 19.1 Å². The second-order valence-corrected chi connectivity index (χ2v) is 8.11. The summed E-state index contributed by atoms with van der Waals surface area (Å²) >= 11 is 0. The smallest absolute Gasteiger partial charge is 0.219 e. The Morgan fingerprint density at radius 3 is 2.30 bits per heavy atom. The van der Waals surface area contributed by atoms with E-state index in [1.807, 2.05) is 0 Å². The van der Waals surface area contributed by atoms with E-state index in [0.29, 0.717) is 45.3 Å². The molecule has 0 saturated heterocycles. The van der Waals surface area contributed by atoms with Crippen LogP contribution in [0.2, 0.25) is 0 Å². The number of ether oxygens (including phenoxy) is 1. The molecule has 0 aliphatic heterocycles. The molecule has 0 radical (unpaired) electrons. The van der Waals surface area contributed by atoms with Crippen LogP contribution in [-0.4, -0.2) is 77.0 Å². The molecule has 5 atom stereocenters. The molecule has 1 saturated carbocycles. The van der Waals surface area contributed by atoms with Crippen molar-refractivity contribution in [1.29, 1.82) is 0 Å². The molecule has 0 aromatic carbocycles. The number of unbranched alkanes of at least 4 members (excludes halogenated alkanes) is 3. The van der Waals surface area contributed by atoms with Gasteiger partial charge in [-0.1, -0.05) is 6.42 Å². The highest BCUT2D eigenvalue weighted by Crippen LogP contribution is 2.28. The van der Waals surface area contributed by atoms with Gasteiger partial charge in [0, 0.05) is 45.4 Å². The molecule has 0 aromatic rings. The monoisotopic (exact) mass is 430 g/mol. The molecule has 30 heavy (non-hydrogen) atoms. The normalized spacial score (nSPS) is 26.2. The fourth-order valence-corrected chi connectivity index (χ4v) is 3.68. The van der Waals surface area contributed by atoms with Crippen molar-refractivity contribution in [2.45, 2.75) is 89.6 Å². The maximum Gasteiger partial charge on any atom is 0.219 e. The van der Waals surface area contributed by atoms with Gasteiger partial charge in [0.2, 0.25) is 11.8 Å². The molecule has 5 N–H and O–H groups in total. The van der Waals surface area contributed by atoms with E-state index >= 15 is 0 Å². The molecule has 1 rings (SSSR count). The molecular formula is C21H38N2O7. The van der Waals surface area contributed by atoms with Gasteiger partial charge in [-0.05, 0) is 39.0 Å². The molecule has 0 heterocycles.